The van der Waals surface area contributed by atoms with Crippen molar-refractivity contribution < 1.29 is 14.7 Å². The van der Waals surface area contributed by atoms with Crippen LogP contribution in [0.15, 0.2) is 0 Å². The van der Waals surface area contributed by atoms with Crippen LogP contribution in [-0.4, -0.2) is 55.7 Å². The van der Waals surface area contributed by atoms with Crippen LogP contribution in [0, 0.1) is 11.8 Å². The van der Waals surface area contributed by atoms with Crippen molar-refractivity contribution in [3.8, 4) is 0 Å². The summed E-state index contributed by atoms with van der Waals surface area (Å²) in [6.45, 7) is 6.18. The van der Waals surface area contributed by atoms with Crippen molar-refractivity contribution in [3.63, 3.8) is 0 Å². The monoisotopic (exact) mass is 301 g/mol. The summed E-state index contributed by atoms with van der Waals surface area (Å²) in [4.78, 5) is 24.6. The predicted octanol–water partition coefficient (Wildman–Crippen LogP) is 1.76. The van der Waals surface area contributed by atoms with E-state index in [4.69, 9.17) is 5.11 Å². The van der Waals surface area contributed by atoms with E-state index in [2.05, 4.69) is 29.4 Å². The van der Waals surface area contributed by atoms with E-state index in [0.717, 1.165) is 25.8 Å². The van der Waals surface area contributed by atoms with E-state index in [1.54, 1.807) is 0 Å². The molecule has 0 aliphatic carbocycles. The Labute approximate surface area is 128 Å². The number of carboxylic acid groups (broad SMARTS) is 1. The van der Waals surface area contributed by atoms with Crippen molar-refractivity contribution >= 4 is 12.0 Å². The molecule has 0 heterocycles. The summed E-state index contributed by atoms with van der Waals surface area (Å²) < 4.78 is 0. The summed E-state index contributed by atoms with van der Waals surface area (Å²) in [5, 5.41) is 14.4. The zero-order chi connectivity index (χ0) is 16.3. The molecule has 6 heteroatoms. The van der Waals surface area contributed by atoms with Crippen LogP contribution in [0.3, 0.4) is 0 Å². The van der Waals surface area contributed by atoms with E-state index in [1.165, 1.54) is 0 Å². The Balaban J connectivity index is 3.83. The summed E-state index contributed by atoms with van der Waals surface area (Å²) in [6, 6.07) is -0.209. The Morgan fingerprint density at radius 3 is 2.33 bits per heavy atom. The number of nitrogens with one attached hydrogen (secondary N) is 2. The summed E-state index contributed by atoms with van der Waals surface area (Å²) in [5.74, 6) is -0.404. The lowest BCUT2D eigenvalue weighted by Gasteiger charge is -2.18. The highest BCUT2D eigenvalue weighted by Crippen LogP contribution is 2.14. The van der Waals surface area contributed by atoms with Crippen molar-refractivity contribution in [2.24, 2.45) is 11.8 Å². The number of carbonyl (C=O) groups is 2. The lowest BCUT2D eigenvalue weighted by molar-refractivity contribution is -0.138. The molecule has 0 spiro atoms. The molecule has 0 aromatic heterocycles. The molecule has 0 saturated carbocycles. The Bertz CT molecular complexity index is 307. The van der Waals surface area contributed by atoms with Crippen LogP contribution < -0.4 is 10.6 Å². The van der Waals surface area contributed by atoms with Gasteiger partial charge in [0.2, 0.25) is 0 Å². The number of carbonyl (C=O) groups excluding carboxylic acids is 1. The third-order valence-electron chi connectivity index (χ3n) is 3.14. The van der Waals surface area contributed by atoms with Gasteiger partial charge in [-0.3, -0.25) is 4.79 Å². The van der Waals surface area contributed by atoms with Crippen molar-refractivity contribution in [1.82, 2.24) is 15.5 Å². The summed E-state index contributed by atoms with van der Waals surface area (Å²) in [6.07, 6.45) is 2.88. The molecular formula is C15H31N3O3. The highest BCUT2D eigenvalue weighted by Gasteiger charge is 2.15. The smallest absolute Gasteiger partial charge is 0.314 e. The van der Waals surface area contributed by atoms with Gasteiger partial charge in [0.15, 0.2) is 0 Å². The van der Waals surface area contributed by atoms with Gasteiger partial charge in [0, 0.05) is 19.5 Å². The molecule has 0 aromatic carbocycles. The lowest BCUT2D eigenvalue weighted by Crippen LogP contribution is -2.39. The number of amides is 2. The third-order valence-corrected chi connectivity index (χ3v) is 3.14. The molecule has 0 aliphatic rings. The van der Waals surface area contributed by atoms with Crippen LogP contribution in [0.25, 0.3) is 0 Å². The Morgan fingerprint density at radius 1 is 1.14 bits per heavy atom. The van der Waals surface area contributed by atoms with Gasteiger partial charge in [-0.05, 0) is 51.7 Å². The Morgan fingerprint density at radius 2 is 1.81 bits per heavy atom. The fourth-order valence-corrected chi connectivity index (χ4v) is 2.21. The lowest BCUT2D eigenvalue weighted by atomic mass is 9.94. The number of hydrogen-bond donors (Lipinski definition) is 3. The first-order chi connectivity index (χ1) is 9.81. The first-order valence-electron chi connectivity index (χ1n) is 7.69. The highest BCUT2D eigenvalue weighted by atomic mass is 16.4. The minimum absolute atomic E-state index is 0.0120. The van der Waals surface area contributed by atoms with Gasteiger partial charge in [-0.25, -0.2) is 4.79 Å². The fraction of sp³-hybridized carbons (Fsp3) is 0.867. The maximum atomic E-state index is 11.6. The van der Waals surface area contributed by atoms with Gasteiger partial charge < -0.3 is 20.6 Å². The van der Waals surface area contributed by atoms with Crippen molar-refractivity contribution in [1.29, 1.82) is 0 Å². The topological polar surface area (TPSA) is 81.7 Å². The van der Waals surface area contributed by atoms with E-state index >= 15 is 0 Å². The number of aliphatic carboxylic acids is 1. The number of unbranched alkanes of at least 4 members (excludes halogenated alkanes) is 1. The van der Waals surface area contributed by atoms with Gasteiger partial charge in [0.05, 0.1) is 0 Å². The van der Waals surface area contributed by atoms with Crippen molar-refractivity contribution in [2.75, 3.05) is 33.7 Å². The van der Waals surface area contributed by atoms with Gasteiger partial charge in [0.1, 0.15) is 0 Å². The van der Waals surface area contributed by atoms with E-state index in [0.29, 0.717) is 19.0 Å². The molecule has 0 bridgehead atoms. The third kappa shape index (κ3) is 13.4. The normalized spacial score (nSPS) is 12.5. The van der Waals surface area contributed by atoms with E-state index in [1.807, 2.05) is 14.1 Å². The average molecular weight is 301 g/mol. The summed E-state index contributed by atoms with van der Waals surface area (Å²) >= 11 is 0. The molecule has 21 heavy (non-hydrogen) atoms. The van der Waals surface area contributed by atoms with Gasteiger partial charge in [0.25, 0.3) is 0 Å². The molecule has 6 nitrogen and oxygen atoms in total. The van der Waals surface area contributed by atoms with Crippen LogP contribution in [-0.2, 0) is 4.79 Å². The SMILES string of the molecule is CC(C)C[C@H](CNC(=O)NCCCCN(C)C)CC(=O)O. The molecule has 0 unspecified atom stereocenters. The first-order valence-corrected chi connectivity index (χ1v) is 7.69. The van der Waals surface area contributed by atoms with Gasteiger partial charge in [-0.2, -0.15) is 0 Å². The second-order valence-corrected chi connectivity index (χ2v) is 6.24. The zero-order valence-electron chi connectivity index (χ0n) is 13.8. The van der Waals surface area contributed by atoms with Crippen LogP contribution in [0.1, 0.15) is 39.5 Å². The maximum absolute atomic E-state index is 11.6. The standard InChI is InChI=1S/C15H31N3O3/c1-12(2)9-13(10-14(19)20)11-17-15(21)16-7-5-6-8-18(3)4/h12-13H,5-11H2,1-4H3,(H,19,20)(H2,16,17,21)/t13-/m0/s1. The number of rotatable bonds is 11. The van der Waals surface area contributed by atoms with Crippen LogP contribution >= 0.6 is 0 Å². The number of carboxylic acids is 1. The largest absolute Gasteiger partial charge is 0.481 e. The molecule has 124 valence electrons. The predicted molar refractivity (Wildman–Crippen MR) is 84.4 cm³/mol. The number of urea groups is 1. The molecule has 2 amide bonds. The van der Waals surface area contributed by atoms with Gasteiger partial charge >= 0.3 is 12.0 Å². The van der Waals surface area contributed by atoms with E-state index in [9.17, 15) is 9.59 Å². The molecule has 0 rings (SSSR count). The van der Waals surface area contributed by atoms with E-state index in [-0.39, 0.29) is 18.4 Å². The van der Waals surface area contributed by atoms with Gasteiger partial charge in [-0.15, -0.1) is 0 Å². The molecule has 0 aromatic rings. The molecule has 0 aliphatic heterocycles. The summed E-state index contributed by atoms with van der Waals surface area (Å²) in [7, 11) is 4.05. The van der Waals surface area contributed by atoms with Gasteiger partial charge in [-0.1, -0.05) is 13.8 Å². The minimum Gasteiger partial charge on any atom is -0.481 e. The highest BCUT2D eigenvalue weighted by molar-refractivity contribution is 5.74. The van der Waals surface area contributed by atoms with Crippen LogP contribution in [0.4, 0.5) is 4.79 Å². The fourth-order valence-electron chi connectivity index (χ4n) is 2.21. The quantitative estimate of drug-likeness (QED) is 0.508. The minimum atomic E-state index is -0.813. The summed E-state index contributed by atoms with van der Waals surface area (Å²) in [5.41, 5.74) is 0. The maximum Gasteiger partial charge on any atom is 0.314 e. The molecule has 0 fully saturated rings. The Kier molecular flexibility index (Phi) is 10.7. The van der Waals surface area contributed by atoms with Crippen molar-refractivity contribution in [2.45, 2.75) is 39.5 Å². The molecular weight excluding hydrogens is 270 g/mol. The zero-order valence-corrected chi connectivity index (χ0v) is 13.8. The van der Waals surface area contributed by atoms with Crippen molar-refractivity contribution in [3.05, 3.63) is 0 Å². The number of nitrogens with zero attached hydrogens (tertiary/aromatic N) is 1. The second-order valence-electron chi connectivity index (χ2n) is 6.24. The average Bonchev–Trinajstić information content (AvgIpc) is 2.33. The Hall–Kier alpha value is -1.30. The molecule has 1 atom stereocenters. The molecule has 0 radical (unpaired) electrons. The van der Waals surface area contributed by atoms with E-state index < -0.39 is 5.97 Å². The first kappa shape index (κ1) is 19.7. The van der Waals surface area contributed by atoms with Crippen LogP contribution in [0.2, 0.25) is 0 Å². The number of hydrogen-bond acceptors (Lipinski definition) is 3. The second kappa shape index (κ2) is 11.4. The van der Waals surface area contributed by atoms with Crippen LogP contribution in [0.5, 0.6) is 0 Å². The molecule has 0 saturated heterocycles. The molecule has 3 N–H and O–H groups in total.